The molecule has 1 unspecified atom stereocenters. The Morgan fingerprint density at radius 1 is 1.32 bits per heavy atom. The predicted octanol–water partition coefficient (Wildman–Crippen LogP) is 0.969. The topological polar surface area (TPSA) is 61.4 Å². The Bertz CT molecular complexity index is 475. The van der Waals surface area contributed by atoms with Crippen LogP contribution < -0.4 is 10.6 Å². The number of hydrogen-bond acceptors (Lipinski definition) is 2. The molecule has 1 aromatic rings. The molecule has 2 N–H and O–H groups in total. The molecule has 1 aromatic carbocycles. The van der Waals surface area contributed by atoms with Crippen molar-refractivity contribution in [1.29, 1.82) is 0 Å². The summed E-state index contributed by atoms with van der Waals surface area (Å²) in [5.41, 5.74) is 0.460. The van der Waals surface area contributed by atoms with Crippen molar-refractivity contribution in [3.8, 4) is 0 Å². The van der Waals surface area contributed by atoms with Crippen LogP contribution in [0.25, 0.3) is 0 Å². The fourth-order valence-electron chi connectivity index (χ4n) is 2.10. The predicted molar refractivity (Wildman–Crippen MR) is 68.3 cm³/mol. The van der Waals surface area contributed by atoms with Crippen molar-refractivity contribution in [3.63, 3.8) is 0 Å². The lowest BCUT2D eigenvalue weighted by atomic mass is 10.2. The number of carbonyl (C=O) groups is 2. The number of halogens is 1. The van der Waals surface area contributed by atoms with E-state index in [1.807, 2.05) is 0 Å². The Morgan fingerprint density at radius 3 is 2.63 bits per heavy atom. The summed E-state index contributed by atoms with van der Waals surface area (Å²) in [6.07, 6.45) is 0.723. The van der Waals surface area contributed by atoms with E-state index in [1.54, 1.807) is 11.9 Å². The van der Waals surface area contributed by atoms with Crippen molar-refractivity contribution in [2.75, 3.05) is 20.1 Å². The Labute approximate surface area is 110 Å². The fraction of sp³-hybridized carbons (Fsp3) is 0.385. The minimum absolute atomic E-state index is 0.0376. The molecule has 5 nitrogen and oxygen atoms in total. The molecule has 0 spiro atoms. The SMILES string of the molecule is CNC(=O)NC1CCN(C(=O)c2ccc(F)cc2)C1. The van der Waals surface area contributed by atoms with Gasteiger partial charge in [-0.1, -0.05) is 0 Å². The normalized spacial score (nSPS) is 18.2. The molecular weight excluding hydrogens is 249 g/mol. The lowest BCUT2D eigenvalue weighted by Gasteiger charge is -2.17. The van der Waals surface area contributed by atoms with Gasteiger partial charge in [-0.15, -0.1) is 0 Å². The van der Waals surface area contributed by atoms with E-state index in [0.29, 0.717) is 18.7 Å². The second-order valence-corrected chi connectivity index (χ2v) is 4.47. The first-order chi connectivity index (χ1) is 9.10. The van der Waals surface area contributed by atoms with Crippen LogP contribution in [0.1, 0.15) is 16.8 Å². The number of urea groups is 1. The van der Waals surface area contributed by atoms with Gasteiger partial charge in [0.25, 0.3) is 5.91 Å². The molecular formula is C13H16FN3O2. The molecule has 2 rings (SSSR count). The van der Waals surface area contributed by atoms with Gasteiger partial charge < -0.3 is 15.5 Å². The minimum atomic E-state index is -0.364. The first-order valence-corrected chi connectivity index (χ1v) is 6.13. The molecule has 0 bridgehead atoms. The van der Waals surface area contributed by atoms with Crippen LogP contribution in [0.3, 0.4) is 0 Å². The van der Waals surface area contributed by atoms with Crippen LogP contribution in [0.2, 0.25) is 0 Å². The average molecular weight is 265 g/mol. The first kappa shape index (κ1) is 13.3. The zero-order chi connectivity index (χ0) is 13.8. The Balaban J connectivity index is 1.95. The quantitative estimate of drug-likeness (QED) is 0.837. The van der Waals surface area contributed by atoms with Crippen molar-refractivity contribution in [2.24, 2.45) is 0 Å². The van der Waals surface area contributed by atoms with Gasteiger partial charge in [-0.3, -0.25) is 4.79 Å². The Morgan fingerprint density at radius 2 is 2.00 bits per heavy atom. The van der Waals surface area contributed by atoms with Crippen LogP contribution >= 0.6 is 0 Å². The highest BCUT2D eigenvalue weighted by Crippen LogP contribution is 2.14. The lowest BCUT2D eigenvalue weighted by molar-refractivity contribution is 0.0789. The molecule has 0 saturated carbocycles. The van der Waals surface area contributed by atoms with Gasteiger partial charge >= 0.3 is 6.03 Å². The minimum Gasteiger partial charge on any atom is -0.341 e. The van der Waals surface area contributed by atoms with E-state index in [2.05, 4.69) is 10.6 Å². The van der Waals surface area contributed by atoms with E-state index >= 15 is 0 Å². The van der Waals surface area contributed by atoms with E-state index in [0.717, 1.165) is 6.42 Å². The van der Waals surface area contributed by atoms with Gasteiger partial charge in [0.05, 0.1) is 0 Å². The van der Waals surface area contributed by atoms with Crippen LogP contribution in [0.5, 0.6) is 0 Å². The van der Waals surface area contributed by atoms with Crippen LogP contribution in [0.15, 0.2) is 24.3 Å². The van der Waals surface area contributed by atoms with Crippen LogP contribution in [0.4, 0.5) is 9.18 Å². The molecule has 1 fully saturated rings. The van der Waals surface area contributed by atoms with Gasteiger partial charge in [0.2, 0.25) is 0 Å². The Kier molecular flexibility index (Phi) is 3.99. The molecule has 6 heteroatoms. The van der Waals surface area contributed by atoms with Gasteiger partial charge in [0.15, 0.2) is 0 Å². The molecule has 1 aliphatic heterocycles. The molecule has 0 aromatic heterocycles. The molecule has 19 heavy (non-hydrogen) atoms. The number of likely N-dealkylation sites (tertiary alicyclic amines) is 1. The molecule has 3 amide bonds. The number of amides is 3. The summed E-state index contributed by atoms with van der Waals surface area (Å²) < 4.78 is 12.8. The molecule has 1 saturated heterocycles. The highest BCUT2D eigenvalue weighted by Gasteiger charge is 2.27. The third-order valence-electron chi connectivity index (χ3n) is 3.13. The maximum Gasteiger partial charge on any atom is 0.314 e. The average Bonchev–Trinajstić information content (AvgIpc) is 2.87. The van der Waals surface area contributed by atoms with Crippen molar-refractivity contribution in [1.82, 2.24) is 15.5 Å². The van der Waals surface area contributed by atoms with Crippen molar-refractivity contribution >= 4 is 11.9 Å². The zero-order valence-corrected chi connectivity index (χ0v) is 10.6. The summed E-state index contributed by atoms with van der Waals surface area (Å²) in [6.45, 7) is 1.06. The van der Waals surface area contributed by atoms with E-state index in [-0.39, 0.29) is 23.8 Å². The summed E-state index contributed by atoms with van der Waals surface area (Å²) >= 11 is 0. The third-order valence-corrected chi connectivity index (χ3v) is 3.13. The van der Waals surface area contributed by atoms with E-state index in [1.165, 1.54) is 24.3 Å². The van der Waals surface area contributed by atoms with Gasteiger partial charge in [-0.05, 0) is 30.7 Å². The fourth-order valence-corrected chi connectivity index (χ4v) is 2.10. The highest BCUT2D eigenvalue weighted by molar-refractivity contribution is 5.94. The summed E-state index contributed by atoms with van der Waals surface area (Å²) in [4.78, 5) is 25.0. The lowest BCUT2D eigenvalue weighted by Crippen LogP contribution is -2.42. The van der Waals surface area contributed by atoms with Crippen molar-refractivity contribution in [3.05, 3.63) is 35.6 Å². The largest absolute Gasteiger partial charge is 0.341 e. The first-order valence-electron chi connectivity index (χ1n) is 6.13. The van der Waals surface area contributed by atoms with E-state index in [4.69, 9.17) is 0 Å². The molecule has 1 atom stereocenters. The zero-order valence-electron chi connectivity index (χ0n) is 10.6. The highest BCUT2D eigenvalue weighted by atomic mass is 19.1. The summed E-state index contributed by atoms with van der Waals surface area (Å²) in [5.74, 6) is -0.502. The second-order valence-electron chi connectivity index (χ2n) is 4.47. The monoisotopic (exact) mass is 265 g/mol. The summed E-state index contributed by atoms with van der Waals surface area (Å²) in [7, 11) is 1.55. The van der Waals surface area contributed by atoms with E-state index in [9.17, 15) is 14.0 Å². The number of nitrogens with one attached hydrogen (secondary N) is 2. The number of benzene rings is 1. The third kappa shape index (κ3) is 3.21. The number of carbonyl (C=O) groups excluding carboxylic acids is 2. The number of rotatable bonds is 2. The molecule has 0 aliphatic carbocycles. The second kappa shape index (κ2) is 5.69. The van der Waals surface area contributed by atoms with Crippen molar-refractivity contribution in [2.45, 2.75) is 12.5 Å². The van der Waals surface area contributed by atoms with Gasteiger partial charge in [0.1, 0.15) is 5.82 Å². The summed E-state index contributed by atoms with van der Waals surface area (Å²) in [6, 6.07) is 5.19. The maximum absolute atomic E-state index is 12.8. The van der Waals surface area contributed by atoms with Crippen LogP contribution in [0, 0.1) is 5.82 Å². The molecule has 1 aliphatic rings. The van der Waals surface area contributed by atoms with Crippen LogP contribution in [-0.2, 0) is 0 Å². The number of nitrogens with zero attached hydrogens (tertiary/aromatic N) is 1. The Hall–Kier alpha value is -2.11. The van der Waals surface area contributed by atoms with Crippen molar-refractivity contribution < 1.29 is 14.0 Å². The van der Waals surface area contributed by atoms with Gasteiger partial charge in [-0.25, -0.2) is 9.18 Å². The van der Waals surface area contributed by atoms with Gasteiger partial charge in [0, 0.05) is 31.7 Å². The van der Waals surface area contributed by atoms with Crippen LogP contribution in [-0.4, -0.2) is 43.0 Å². The smallest absolute Gasteiger partial charge is 0.314 e. The molecule has 102 valence electrons. The van der Waals surface area contributed by atoms with Gasteiger partial charge in [-0.2, -0.15) is 0 Å². The summed E-state index contributed by atoms with van der Waals surface area (Å²) in [5, 5.41) is 5.25. The standard InChI is InChI=1S/C13H16FN3O2/c1-15-13(19)16-11-6-7-17(8-11)12(18)9-2-4-10(14)5-3-9/h2-5,11H,6-8H2,1H3,(H2,15,16,19). The molecule has 0 radical (unpaired) electrons. The van der Waals surface area contributed by atoms with E-state index < -0.39 is 0 Å². The molecule has 1 heterocycles. The maximum atomic E-state index is 12.8. The number of hydrogen-bond donors (Lipinski definition) is 2.